The molecule has 0 bridgehead atoms. The summed E-state index contributed by atoms with van der Waals surface area (Å²) in [7, 11) is 0. The monoisotopic (exact) mass is 410 g/mol. The zero-order valence-electron chi connectivity index (χ0n) is 17.1. The third kappa shape index (κ3) is 6.15. The fourth-order valence-corrected chi connectivity index (χ4v) is 3.01. The van der Waals surface area contributed by atoms with E-state index in [-0.39, 0.29) is 6.04 Å². The van der Waals surface area contributed by atoms with Gasteiger partial charge in [-0.1, -0.05) is 72.8 Å². The van der Waals surface area contributed by atoms with E-state index in [1.807, 2.05) is 66.7 Å². The van der Waals surface area contributed by atoms with E-state index in [1.165, 1.54) is 13.0 Å². The molecule has 0 aromatic heterocycles. The molecule has 1 atom stereocenters. The molecule has 154 valence electrons. The first-order valence-corrected chi connectivity index (χ1v) is 9.86. The first kappa shape index (κ1) is 21.5. The van der Waals surface area contributed by atoms with Gasteiger partial charge in [0, 0.05) is 6.08 Å². The van der Waals surface area contributed by atoms with Crippen LogP contribution in [0.25, 0.3) is 6.08 Å². The highest BCUT2D eigenvalue weighted by Crippen LogP contribution is 2.22. The van der Waals surface area contributed by atoms with Gasteiger partial charge < -0.3 is 10.1 Å². The van der Waals surface area contributed by atoms with Crippen LogP contribution in [0.2, 0.25) is 0 Å². The van der Waals surface area contributed by atoms with Gasteiger partial charge >= 0.3 is 5.97 Å². The summed E-state index contributed by atoms with van der Waals surface area (Å²) in [6.45, 7) is 1.54. The van der Waals surface area contributed by atoms with Crippen LogP contribution in [0.4, 0.5) is 0 Å². The second kappa shape index (κ2) is 10.6. The van der Waals surface area contributed by atoms with Gasteiger partial charge in [-0.15, -0.1) is 0 Å². The van der Waals surface area contributed by atoms with Crippen molar-refractivity contribution in [1.82, 2.24) is 5.32 Å². The molecule has 0 heterocycles. The van der Waals surface area contributed by atoms with Gasteiger partial charge in [-0.05, 0) is 41.8 Å². The Morgan fingerprint density at radius 3 is 1.97 bits per heavy atom. The van der Waals surface area contributed by atoms with Crippen LogP contribution < -0.4 is 5.32 Å². The number of nitrogens with zero attached hydrogens (tertiary/aromatic N) is 1. The SMILES string of the molecule is C[C@@H](OC(=O)/C=C/c1ccc(C#N)cc1)C(=O)NC(c1ccccc1)c1ccccc1. The Balaban J connectivity index is 1.64. The van der Waals surface area contributed by atoms with Crippen molar-refractivity contribution in [1.29, 1.82) is 5.26 Å². The normalized spacial score (nSPS) is 11.6. The molecular formula is C26H22N2O3. The summed E-state index contributed by atoms with van der Waals surface area (Å²) >= 11 is 0. The molecule has 0 aliphatic carbocycles. The molecule has 3 aromatic rings. The maximum Gasteiger partial charge on any atom is 0.331 e. The largest absolute Gasteiger partial charge is 0.449 e. The molecule has 0 unspecified atom stereocenters. The fourth-order valence-electron chi connectivity index (χ4n) is 3.01. The van der Waals surface area contributed by atoms with Crippen molar-refractivity contribution in [3.63, 3.8) is 0 Å². The highest BCUT2D eigenvalue weighted by molar-refractivity contribution is 5.90. The maximum absolute atomic E-state index is 12.7. The van der Waals surface area contributed by atoms with Gasteiger partial charge in [0.2, 0.25) is 0 Å². The van der Waals surface area contributed by atoms with Crippen LogP contribution in [0.15, 0.2) is 91.0 Å². The lowest BCUT2D eigenvalue weighted by atomic mass is 9.98. The molecule has 0 radical (unpaired) electrons. The van der Waals surface area contributed by atoms with E-state index < -0.39 is 18.0 Å². The molecule has 0 aliphatic heterocycles. The Morgan fingerprint density at radius 2 is 1.45 bits per heavy atom. The number of esters is 1. The number of amides is 1. The number of ether oxygens (including phenoxy) is 1. The van der Waals surface area contributed by atoms with Crippen LogP contribution in [-0.4, -0.2) is 18.0 Å². The van der Waals surface area contributed by atoms with Gasteiger partial charge in [-0.2, -0.15) is 5.26 Å². The van der Waals surface area contributed by atoms with Gasteiger partial charge in [0.1, 0.15) is 0 Å². The summed E-state index contributed by atoms with van der Waals surface area (Å²) in [5.41, 5.74) is 3.15. The topological polar surface area (TPSA) is 79.2 Å². The first-order valence-electron chi connectivity index (χ1n) is 9.86. The molecule has 3 aromatic carbocycles. The van der Waals surface area contributed by atoms with Gasteiger partial charge in [-0.3, -0.25) is 4.79 Å². The number of hydrogen-bond donors (Lipinski definition) is 1. The van der Waals surface area contributed by atoms with Gasteiger partial charge in [0.05, 0.1) is 17.7 Å². The number of nitrogens with one attached hydrogen (secondary N) is 1. The second-order valence-corrected chi connectivity index (χ2v) is 6.91. The lowest BCUT2D eigenvalue weighted by molar-refractivity contribution is -0.150. The molecule has 5 nitrogen and oxygen atoms in total. The summed E-state index contributed by atoms with van der Waals surface area (Å²) in [5.74, 6) is -1.01. The zero-order valence-corrected chi connectivity index (χ0v) is 17.1. The molecule has 31 heavy (non-hydrogen) atoms. The van der Waals surface area contributed by atoms with Gasteiger partial charge in [-0.25, -0.2) is 4.79 Å². The van der Waals surface area contributed by atoms with Gasteiger partial charge in [0.25, 0.3) is 5.91 Å². The predicted octanol–water partition coefficient (Wildman–Crippen LogP) is 4.41. The third-order valence-corrected chi connectivity index (χ3v) is 4.67. The van der Waals surface area contributed by atoms with E-state index in [2.05, 4.69) is 5.32 Å². The number of carbonyl (C=O) groups is 2. The molecule has 5 heteroatoms. The lowest BCUT2D eigenvalue weighted by Gasteiger charge is -2.22. The molecule has 3 rings (SSSR count). The minimum Gasteiger partial charge on any atom is -0.449 e. The van der Waals surface area contributed by atoms with Gasteiger partial charge in [0.15, 0.2) is 6.10 Å². The van der Waals surface area contributed by atoms with Crippen molar-refractivity contribution >= 4 is 18.0 Å². The molecule has 1 N–H and O–H groups in total. The Kier molecular flexibility index (Phi) is 7.34. The number of benzene rings is 3. The van der Waals surface area contributed by atoms with E-state index in [0.29, 0.717) is 5.56 Å². The summed E-state index contributed by atoms with van der Waals surface area (Å²) in [6, 6.07) is 27.7. The van der Waals surface area contributed by atoms with Crippen molar-refractivity contribution in [3.05, 3.63) is 113 Å². The Hall–Kier alpha value is -4.17. The van der Waals surface area contributed by atoms with Crippen molar-refractivity contribution in [3.8, 4) is 6.07 Å². The molecule has 0 aliphatic rings. The molecular weight excluding hydrogens is 388 g/mol. The molecule has 0 spiro atoms. The number of rotatable bonds is 7. The minimum atomic E-state index is -0.965. The maximum atomic E-state index is 12.7. The average molecular weight is 410 g/mol. The van der Waals surface area contributed by atoms with E-state index in [4.69, 9.17) is 10.00 Å². The minimum absolute atomic E-state index is 0.356. The predicted molar refractivity (Wildman–Crippen MR) is 119 cm³/mol. The molecule has 0 fully saturated rings. The van der Waals surface area contributed by atoms with Crippen molar-refractivity contribution in [2.75, 3.05) is 0 Å². The number of nitriles is 1. The highest BCUT2D eigenvalue weighted by Gasteiger charge is 2.22. The van der Waals surface area contributed by atoms with Crippen LogP contribution in [-0.2, 0) is 14.3 Å². The van der Waals surface area contributed by atoms with E-state index in [9.17, 15) is 9.59 Å². The quantitative estimate of drug-likeness (QED) is 0.462. The van der Waals surface area contributed by atoms with E-state index in [0.717, 1.165) is 16.7 Å². The van der Waals surface area contributed by atoms with Crippen molar-refractivity contribution in [2.24, 2.45) is 0 Å². The summed E-state index contributed by atoms with van der Waals surface area (Å²) in [6.07, 6.45) is 1.87. The Bertz CT molecular complexity index is 1050. The summed E-state index contributed by atoms with van der Waals surface area (Å²) < 4.78 is 5.26. The van der Waals surface area contributed by atoms with Crippen LogP contribution in [0.5, 0.6) is 0 Å². The molecule has 0 saturated heterocycles. The Morgan fingerprint density at radius 1 is 0.903 bits per heavy atom. The van der Waals surface area contributed by atoms with Crippen LogP contribution in [0, 0.1) is 11.3 Å². The van der Waals surface area contributed by atoms with E-state index in [1.54, 1.807) is 30.3 Å². The average Bonchev–Trinajstić information content (AvgIpc) is 2.82. The third-order valence-electron chi connectivity index (χ3n) is 4.67. The summed E-state index contributed by atoms with van der Waals surface area (Å²) in [4.78, 5) is 24.9. The number of hydrogen-bond acceptors (Lipinski definition) is 4. The standard InChI is InChI=1S/C26H22N2O3/c1-19(31-24(29)17-16-20-12-14-21(18-27)15-13-20)26(30)28-25(22-8-4-2-5-9-22)23-10-6-3-7-11-23/h2-17,19,25H,1H3,(H,28,30)/b17-16+/t19-/m1/s1. The summed E-state index contributed by atoms with van der Waals surface area (Å²) in [5, 5.41) is 11.8. The lowest BCUT2D eigenvalue weighted by Crippen LogP contribution is -2.38. The van der Waals surface area contributed by atoms with Crippen LogP contribution >= 0.6 is 0 Å². The van der Waals surface area contributed by atoms with E-state index >= 15 is 0 Å². The smallest absolute Gasteiger partial charge is 0.331 e. The van der Waals surface area contributed by atoms with Crippen LogP contribution in [0.1, 0.15) is 35.2 Å². The fraction of sp³-hybridized carbons (Fsp3) is 0.115. The Labute approximate surface area is 181 Å². The first-order chi connectivity index (χ1) is 15.1. The molecule has 1 amide bonds. The second-order valence-electron chi connectivity index (χ2n) is 6.91. The van der Waals surface area contributed by atoms with Crippen LogP contribution in [0.3, 0.4) is 0 Å². The van der Waals surface area contributed by atoms with Crippen molar-refractivity contribution in [2.45, 2.75) is 19.1 Å². The molecule has 0 saturated carbocycles. The highest BCUT2D eigenvalue weighted by atomic mass is 16.5. The zero-order chi connectivity index (χ0) is 22.1. The number of carbonyl (C=O) groups excluding carboxylic acids is 2. The van der Waals surface area contributed by atoms with Crippen molar-refractivity contribution < 1.29 is 14.3 Å².